The molecule has 0 aliphatic carbocycles. The van der Waals surface area contributed by atoms with Crippen molar-refractivity contribution in [2.45, 2.75) is 45.4 Å². The van der Waals surface area contributed by atoms with Crippen LogP contribution in [0, 0.1) is 0 Å². The molecule has 37 heavy (non-hydrogen) atoms. The van der Waals surface area contributed by atoms with Crippen molar-refractivity contribution in [2.75, 3.05) is 18.0 Å². The lowest BCUT2D eigenvalue weighted by atomic mass is 9.86. The molecule has 0 bridgehead atoms. The summed E-state index contributed by atoms with van der Waals surface area (Å²) in [6, 6.07) is 32.7. The van der Waals surface area contributed by atoms with Crippen molar-refractivity contribution in [2.24, 2.45) is 0 Å². The summed E-state index contributed by atoms with van der Waals surface area (Å²) in [6.07, 6.45) is 3.87. The summed E-state index contributed by atoms with van der Waals surface area (Å²) in [4.78, 5) is 4.21. The van der Waals surface area contributed by atoms with Crippen molar-refractivity contribution in [3.8, 4) is 27.9 Å². The zero-order valence-electron chi connectivity index (χ0n) is 22.0. The first-order valence-electron chi connectivity index (χ1n) is 13.4. The minimum absolute atomic E-state index is 0.170. The van der Waals surface area contributed by atoms with Gasteiger partial charge in [-0.15, -0.1) is 10.2 Å². The maximum absolute atomic E-state index is 4.79. The number of hydrogen-bond donors (Lipinski definition) is 0. The molecule has 0 radical (unpaired) electrons. The van der Waals surface area contributed by atoms with Gasteiger partial charge in [0.25, 0.3) is 0 Å². The Bertz CT molecular complexity index is 1500. The van der Waals surface area contributed by atoms with E-state index in [1.165, 1.54) is 52.8 Å². The normalized spacial score (nSPS) is 14.3. The molecule has 1 aromatic heterocycles. The van der Waals surface area contributed by atoms with E-state index in [1.807, 2.05) is 0 Å². The Hall–Kier alpha value is -3.92. The van der Waals surface area contributed by atoms with E-state index in [0.29, 0.717) is 0 Å². The number of hydrogen-bond acceptors (Lipinski definition) is 3. The molecule has 0 spiro atoms. The third-order valence-corrected chi connectivity index (χ3v) is 7.49. The van der Waals surface area contributed by atoms with Crippen LogP contribution in [0.4, 0.5) is 5.69 Å². The molecule has 0 N–H and O–H groups in total. The molecule has 4 aromatic carbocycles. The van der Waals surface area contributed by atoms with Crippen molar-refractivity contribution in [3.05, 3.63) is 96.6 Å². The van der Waals surface area contributed by atoms with Crippen LogP contribution in [-0.2, 0) is 5.41 Å². The van der Waals surface area contributed by atoms with Gasteiger partial charge in [0, 0.05) is 18.8 Å². The van der Waals surface area contributed by atoms with Gasteiger partial charge in [0.2, 0.25) is 0 Å². The summed E-state index contributed by atoms with van der Waals surface area (Å²) in [6.45, 7) is 9.01. The van der Waals surface area contributed by atoms with Crippen LogP contribution in [-0.4, -0.2) is 28.1 Å². The highest BCUT2D eigenvalue weighted by Gasteiger charge is 2.14. The predicted molar refractivity (Wildman–Crippen MR) is 155 cm³/mol. The van der Waals surface area contributed by atoms with E-state index in [-0.39, 0.29) is 5.41 Å². The van der Waals surface area contributed by atoms with Gasteiger partial charge in [0.05, 0.1) is 5.69 Å². The van der Waals surface area contributed by atoms with Crippen LogP contribution in [0.25, 0.3) is 39.0 Å². The highest BCUT2D eigenvalue weighted by atomic mass is 15.5. The Morgan fingerprint density at radius 3 is 1.59 bits per heavy atom. The second-order valence-electron chi connectivity index (χ2n) is 11.2. The Morgan fingerprint density at radius 1 is 0.541 bits per heavy atom. The SMILES string of the molecule is CC(C)(C)c1ccc(-c2ccc(-c3ccc(-n4nc5ccc(N6CCCCC6)cc5n4)cc3)cc2)cc1. The molecule has 4 heteroatoms. The Morgan fingerprint density at radius 2 is 1.03 bits per heavy atom. The lowest BCUT2D eigenvalue weighted by Crippen LogP contribution is -2.29. The van der Waals surface area contributed by atoms with Gasteiger partial charge >= 0.3 is 0 Å². The lowest BCUT2D eigenvalue weighted by Gasteiger charge is -2.28. The number of anilines is 1. The van der Waals surface area contributed by atoms with E-state index >= 15 is 0 Å². The first kappa shape index (κ1) is 23.5. The third kappa shape index (κ3) is 4.89. The number of piperidine rings is 1. The predicted octanol–water partition coefficient (Wildman–Crippen LogP) is 8.04. The highest BCUT2D eigenvalue weighted by molar-refractivity contribution is 5.79. The van der Waals surface area contributed by atoms with Crippen LogP contribution in [0.5, 0.6) is 0 Å². The quantitative estimate of drug-likeness (QED) is 0.258. The largest absolute Gasteiger partial charge is 0.371 e. The summed E-state index contributed by atoms with van der Waals surface area (Å²) in [5, 5.41) is 9.51. The number of benzene rings is 4. The molecule has 2 heterocycles. The molecule has 0 amide bonds. The summed E-state index contributed by atoms with van der Waals surface area (Å²) >= 11 is 0. The minimum atomic E-state index is 0.170. The fourth-order valence-corrected chi connectivity index (χ4v) is 5.17. The van der Waals surface area contributed by atoms with E-state index in [2.05, 4.69) is 117 Å². The number of fused-ring (bicyclic) bond motifs is 1. The molecule has 0 unspecified atom stereocenters. The number of nitrogens with zero attached hydrogens (tertiary/aromatic N) is 4. The van der Waals surface area contributed by atoms with Gasteiger partial charge in [-0.2, -0.15) is 4.80 Å². The fraction of sp³-hybridized carbons (Fsp3) is 0.273. The molecule has 6 rings (SSSR count). The molecule has 1 aliphatic rings. The monoisotopic (exact) mass is 486 g/mol. The van der Waals surface area contributed by atoms with Crippen molar-refractivity contribution >= 4 is 16.7 Å². The van der Waals surface area contributed by atoms with E-state index < -0.39 is 0 Å². The third-order valence-electron chi connectivity index (χ3n) is 7.49. The molecule has 186 valence electrons. The van der Waals surface area contributed by atoms with Crippen molar-refractivity contribution in [1.82, 2.24) is 15.0 Å². The van der Waals surface area contributed by atoms with Crippen LogP contribution < -0.4 is 4.90 Å². The standard InChI is InChI=1S/C33H34N4/c1-33(2,3)28-15-11-26(12-16-28)24-7-9-25(10-8-24)27-13-17-29(18-14-27)37-34-31-20-19-30(23-32(31)35-37)36-21-5-4-6-22-36/h7-20,23H,4-6,21-22H2,1-3H3. The van der Waals surface area contributed by atoms with Gasteiger partial charge < -0.3 is 4.90 Å². The van der Waals surface area contributed by atoms with Gasteiger partial charge in [0.1, 0.15) is 11.0 Å². The number of rotatable bonds is 4. The van der Waals surface area contributed by atoms with Crippen LogP contribution in [0.15, 0.2) is 91.0 Å². The van der Waals surface area contributed by atoms with Gasteiger partial charge in [-0.1, -0.05) is 81.4 Å². The highest BCUT2D eigenvalue weighted by Crippen LogP contribution is 2.29. The van der Waals surface area contributed by atoms with Crippen LogP contribution in [0.1, 0.15) is 45.6 Å². The molecule has 5 aromatic rings. The van der Waals surface area contributed by atoms with Gasteiger partial charge in [0.15, 0.2) is 0 Å². The van der Waals surface area contributed by atoms with Gasteiger partial charge in [-0.05, 0) is 82.8 Å². The molecule has 0 atom stereocenters. The molecule has 1 saturated heterocycles. The van der Waals surface area contributed by atoms with E-state index in [9.17, 15) is 0 Å². The second-order valence-corrected chi connectivity index (χ2v) is 11.2. The van der Waals surface area contributed by atoms with Crippen LogP contribution >= 0.6 is 0 Å². The van der Waals surface area contributed by atoms with E-state index in [4.69, 9.17) is 10.2 Å². The molecule has 0 saturated carbocycles. The molecule has 1 fully saturated rings. The first-order valence-corrected chi connectivity index (χ1v) is 13.4. The average molecular weight is 487 g/mol. The molecular weight excluding hydrogens is 452 g/mol. The zero-order chi connectivity index (χ0) is 25.4. The van der Waals surface area contributed by atoms with Crippen molar-refractivity contribution in [1.29, 1.82) is 0 Å². The Balaban J connectivity index is 1.19. The van der Waals surface area contributed by atoms with E-state index in [0.717, 1.165) is 29.8 Å². The lowest BCUT2D eigenvalue weighted by molar-refractivity contribution is 0.578. The van der Waals surface area contributed by atoms with Crippen molar-refractivity contribution in [3.63, 3.8) is 0 Å². The van der Waals surface area contributed by atoms with E-state index in [1.54, 1.807) is 4.80 Å². The minimum Gasteiger partial charge on any atom is -0.371 e. The maximum atomic E-state index is 4.79. The van der Waals surface area contributed by atoms with Gasteiger partial charge in [-0.25, -0.2) is 0 Å². The maximum Gasteiger partial charge on any atom is 0.115 e. The van der Waals surface area contributed by atoms with Gasteiger partial charge in [-0.3, -0.25) is 0 Å². The summed E-state index contributed by atoms with van der Waals surface area (Å²) in [5.74, 6) is 0. The topological polar surface area (TPSA) is 34.0 Å². The van der Waals surface area contributed by atoms with Crippen molar-refractivity contribution < 1.29 is 0 Å². The molecule has 1 aliphatic heterocycles. The van der Waals surface area contributed by atoms with Crippen LogP contribution in [0.2, 0.25) is 0 Å². The molecule has 4 nitrogen and oxygen atoms in total. The Kier molecular flexibility index (Phi) is 6.03. The second kappa shape index (κ2) is 9.51. The summed E-state index contributed by atoms with van der Waals surface area (Å²) < 4.78 is 0. The summed E-state index contributed by atoms with van der Waals surface area (Å²) in [7, 11) is 0. The zero-order valence-corrected chi connectivity index (χ0v) is 22.0. The number of aromatic nitrogens is 3. The fourth-order valence-electron chi connectivity index (χ4n) is 5.17. The average Bonchev–Trinajstić information content (AvgIpc) is 3.37. The smallest absolute Gasteiger partial charge is 0.115 e. The van der Waals surface area contributed by atoms with Crippen LogP contribution in [0.3, 0.4) is 0 Å². The summed E-state index contributed by atoms with van der Waals surface area (Å²) in [5.41, 5.74) is 10.5. The Labute approximate surface area is 219 Å². The molecular formula is C33H34N4. The first-order chi connectivity index (χ1) is 17.9.